The summed E-state index contributed by atoms with van der Waals surface area (Å²) < 4.78 is 31.2. The summed E-state index contributed by atoms with van der Waals surface area (Å²) in [6.45, 7) is 2.77. The predicted molar refractivity (Wildman–Crippen MR) is 83.9 cm³/mol. The third-order valence-corrected chi connectivity index (χ3v) is 4.16. The number of H-pyrrole nitrogens is 1. The van der Waals surface area contributed by atoms with Gasteiger partial charge in [-0.1, -0.05) is 6.07 Å². The Morgan fingerprint density at radius 1 is 1.43 bits per heavy atom. The molecule has 0 saturated heterocycles. The van der Waals surface area contributed by atoms with Gasteiger partial charge in [0.1, 0.15) is 5.75 Å². The van der Waals surface area contributed by atoms with Gasteiger partial charge in [-0.15, -0.1) is 0 Å². The fourth-order valence-corrected chi connectivity index (χ4v) is 3.06. The molecule has 6 heteroatoms. The van der Waals surface area contributed by atoms with Crippen LogP contribution in [0, 0.1) is 5.92 Å². The minimum absolute atomic E-state index is 0.115. The first-order valence-corrected chi connectivity index (χ1v) is 7.85. The summed E-state index contributed by atoms with van der Waals surface area (Å²) in [5.41, 5.74) is 1.76. The van der Waals surface area contributed by atoms with Gasteiger partial charge in [-0.2, -0.15) is 0 Å². The summed E-state index contributed by atoms with van der Waals surface area (Å²) >= 11 is 0. The van der Waals surface area contributed by atoms with Gasteiger partial charge in [-0.3, -0.25) is 4.79 Å². The second kappa shape index (κ2) is 6.18. The summed E-state index contributed by atoms with van der Waals surface area (Å²) in [5, 5.41) is 3.65. The summed E-state index contributed by atoms with van der Waals surface area (Å²) in [6.07, 6.45) is 1.74. The molecule has 1 fully saturated rings. The monoisotopic (exact) mass is 322 g/mol. The van der Waals surface area contributed by atoms with Crippen LogP contribution in [0.15, 0.2) is 24.4 Å². The Morgan fingerprint density at radius 3 is 2.91 bits per heavy atom. The first kappa shape index (κ1) is 15.8. The largest absolute Gasteiger partial charge is 0.493 e. The van der Waals surface area contributed by atoms with Crippen LogP contribution in [0.5, 0.6) is 5.75 Å². The van der Waals surface area contributed by atoms with E-state index in [-0.39, 0.29) is 31.1 Å². The third-order valence-electron chi connectivity index (χ3n) is 4.16. The lowest BCUT2D eigenvalue weighted by atomic mass is 9.81. The number of rotatable bonds is 6. The highest BCUT2D eigenvalue weighted by Crippen LogP contribution is 2.41. The molecule has 0 aliphatic heterocycles. The summed E-state index contributed by atoms with van der Waals surface area (Å²) in [5.74, 6) is -2.07. The number of halogens is 2. The number of aromatic amines is 1. The van der Waals surface area contributed by atoms with Crippen LogP contribution in [0.2, 0.25) is 0 Å². The normalized spacial score (nSPS) is 17.0. The molecule has 1 amide bonds. The van der Waals surface area contributed by atoms with Gasteiger partial charge < -0.3 is 15.0 Å². The second-order valence-corrected chi connectivity index (χ2v) is 6.04. The zero-order valence-corrected chi connectivity index (χ0v) is 13.0. The molecular formula is C17H20F2N2O2. The lowest BCUT2D eigenvalue weighted by molar-refractivity contribution is -0.125. The van der Waals surface area contributed by atoms with E-state index in [4.69, 9.17) is 4.74 Å². The Balaban J connectivity index is 1.63. The van der Waals surface area contributed by atoms with Crippen molar-refractivity contribution in [2.24, 2.45) is 5.92 Å². The predicted octanol–water partition coefficient (Wildman–Crippen LogP) is 3.27. The Morgan fingerprint density at radius 2 is 2.22 bits per heavy atom. The standard InChI is InChI=1S/C17H20F2N2O2/c1-2-23-14-5-3-4-13-16(14)12(10-20-13)6-15(22)21-9-11-7-17(18,19)8-11/h3-5,10-11,20H,2,6-9H2,1H3,(H,21,22). The molecule has 1 aliphatic rings. The molecule has 0 bridgehead atoms. The van der Waals surface area contributed by atoms with Crippen molar-refractivity contribution in [2.75, 3.05) is 13.2 Å². The summed E-state index contributed by atoms with van der Waals surface area (Å²) in [4.78, 5) is 15.2. The fraction of sp³-hybridized carbons (Fsp3) is 0.471. The number of amides is 1. The molecule has 124 valence electrons. The van der Waals surface area contributed by atoms with Crippen LogP contribution >= 0.6 is 0 Å². The molecular weight excluding hydrogens is 302 g/mol. The first-order valence-electron chi connectivity index (χ1n) is 7.85. The van der Waals surface area contributed by atoms with E-state index in [1.807, 2.05) is 25.1 Å². The van der Waals surface area contributed by atoms with Gasteiger partial charge >= 0.3 is 0 Å². The number of nitrogens with one attached hydrogen (secondary N) is 2. The average molecular weight is 322 g/mol. The molecule has 2 aromatic rings. The van der Waals surface area contributed by atoms with Crippen molar-refractivity contribution in [3.8, 4) is 5.75 Å². The van der Waals surface area contributed by atoms with E-state index in [0.717, 1.165) is 22.2 Å². The highest BCUT2D eigenvalue weighted by atomic mass is 19.3. The number of ether oxygens (including phenoxy) is 1. The molecule has 1 heterocycles. The molecule has 1 aliphatic carbocycles. The smallest absolute Gasteiger partial charge is 0.248 e. The zero-order valence-electron chi connectivity index (χ0n) is 13.0. The molecule has 0 unspecified atom stereocenters. The SMILES string of the molecule is CCOc1cccc2[nH]cc(CC(=O)NCC3CC(F)(F)C3)c12. The minimum atomic E-state index is -2.54. The molecule has 4 nitrogen and oxygen atoms in total. The number of carbonyl (C=O) groups excluding carboxylic acids is 1. The van der Waals surface area contributed by atoms with Gasteiger partial charge in [-0.05, 0) is 30.5 Å². The van der Waals surface area contributed by atoms with Crippen molar-refractivity contribution in [3.63, 3.8) is 0 Å². The van der Waals surface area contributed by atoms with Gasteiger partial charge in [0.25, 0.3) is 0 Å². The minimum Gasteiger partial charge on any atom is -0.493 e. The first-order chi connectivity index (χ1) is 11.0. The molecule has 1 aromatic heterocycles. The van der Waals surface area contributed by atoms with Gasteiger partial charge in [-0.25, -0.2) is 8.78 Å². The van der Waals surface area contributed by atoms with Gasteiger partial charge in [0.05, 0.1) is 13.0 Å². The van der Waals surface area contributed by atoms with Crippen LogP contribution in [-0.2, 0) is 11.2 Å². The lowest BCUT2D eigenvalue weighted by Crippen LogP contribution is -2.42. The topological polar surface area (TPSA) is 54.1 Å². The van der Waals surface area contributed by atoms with E-state index in [9.17, 15) is 13.6 Å². The Hall–Kier alpha value is -2.11. The zero-order chi connectivity index (χ0) is 16.4. The van der Waals surface area contributed by atoms with Crippen molar-refractivity contribution in [3.05, 3.63) is 30.0 Å². The van der Waals surface area contributed by atoms with Crippen molar-refractivity contribution >= 4 is 16.8 Å². The van der Waals surface area contributed by atoms with Crippen LogP contribution < -0.4 is 10.1 Å². The van der Waals surface area contributed by atoms with E-state index >= 15 is 0 Å². The van der Waals surface area contributed by atoms with Crippen LogP contribution in [0.3, 0.4) is 0 Å². The highest BCUT2D eigenvalue weighted by molar-refractivity contribution is 5.93. The van der Waals surface area contributed by atoms with Crippen LogP contribution in [0.4, 0.5) is 8.78 Å². The molecule has 2 N–H and O–H groups in total. The maximum Gasteiger partial charge on any atom is 0.248 e. The van der Waals surface area contributed by atoms with Gasteiger partial charge in [0.15, 0.2) is 0 Å². The number of carbonyl (C=O) groups is 1. The second-order valence-electron chi connectivity index (χ2n) is 6.04. The number of benzene rings is 1. The number of fused-ring (bicyclic) bond motifs is 1. The number of aromatic nitrogens is 1. The Labute approximate surface area is 133 Å². The molecule has 23 heavy (non-hydrogen) atoms. The fourth-order valence-electron chi connectivity index (χ4n) is 3.06. The van der Waals surface area contributed by atoms with E-state index in [1.54, 1.807) is 6.20 Å². The van der Waals surface area contributed by atoms with Crippen LogP contribution in [0.25, 0.3) is 10.9 Å². The van der Waals surface area contributed by atoms with E-state index in [1.165, 1.54) is 0 Å². The highest BCUT2D eigenvalue weighted by Gasteiger charge is 2.44. The van der Waals surface area contributed by atoms with Gasteiger partial charge in [0, 0.05) is 36.5 Å². The quantitative estimate of drug-likeness (QED) is 0.857. The van der Waals surface area contributed by atoms with Crippen molar-refractivity contribution in [1.29, 1.82) is 0 Å². The molecule has 3 rings (SSSR count). The number of alkyl halides is 2. The van der Waals surface area contributed by atoms with Crippen LogP contribution in [-0.4, -0.2) is 30.0 Å². The van der Waals surface area contributed by atoms with Crippen molar-refractivity contribution < 1.29 is 18.3 Å². The maximum absolute atomic E-state index is 12.8. The van der Waals surface area contributed by atoms with E-state index in [0.29, 0.717) is 13.2 Å². The van der Waals surface area contributed by atoms with Crippen molar-refractivity contribution in [1.82, 2.24) is 10.3 Å². The lowest BCUT2D eigenvalue weighted by Gasteiger charge is -2.34. The number of hydrogen-bond donors (Lipinski definition) is 2. The molecule has 1 saturated carbocycles. The number of hydrogen-bond acceptors (Lipinski definition) is 2. The summed E-state index contributed by atoms with van der Waals surface area (Å²) in [7, 11) is 0. The summed E-state index contributed by atoms with van der Waals surface area (Å²) in [6, 6.07) is 5.69. The molecule has 0 spiro atoms. The van der Waals surface area contributed by atoms with E-state index in [2.05, 4.69) is 10.3 Å². The van der Waals surface area contributed by atoms with Crippen molar-refractivity contribution in [2.45, 2.75) is 32.1 Å². The molecule has 0 radical (unpaired) electrons. The molecule has 0 atom stereocenters. The average Bonchev–Trinajstić information content (AvgIpc) is 2.87. The maximum atomic E-state index is 12.8. The van der Waals surface area contributed by atoms with E-state index < -0.39 is 5.92 Å². The Kier molecular flexibility index (Phi) is 4.24. The third kappa shape index (κ3) is 3.46. The Bertz CT molecular complexity index is 704. The molecule has 1 aromatic carbocycles. The van der Waals surface area contributed by atoms with Crippen LogP contribution in [0.1, 0.15) is 25.3 Å². The van der Waals surface area contributed by atoms with Gasteiger partial charge in [0.2, 0.25) is 11.8 Å².